The summed E-state index contributed by atoms with van der Waals surface area (Å²) in [5.74, 6) is -1.27. The monoisotopic (exact) mass is 425 g/mol. The topological polar surface area (TPSA) is 52.7 Å². The van der Waals surface area contributed by atoms with Crippen molar-refractivity contribution in [2.45, 2.75) is 6.18 Å². The summed E-state index contributed by atoms with van der Waals surface area (Å²) in [5, 5.41) is 2.93. The highest BCUT2D eigenvalue weighted by Gasteiger charge is 2.35. The van der Waals surface area contributed by atoms with Gasteiger partial charge in [0.1, 0.15) is 0 Å². The first-order valence-corrected chi connectivity index (χ1v) is 9.36. The van der Waals surface area contributed by atoms with E-state index >= 15 is 0 Å². The first kappa shape index (κ1) is 21.0. The van der Waals surface area contributed by atoms with Crippen LogP contribution < -0.4 is 10.2 Å². The molecule has 1 aliphatic rings. The predicted octanol–water partition coefficient (Wildman–Crippen LogP) is 3.44. The molecule has 0 spiro atoms. The molecule has 1 N–H and O–H groups in total. The van der Waals surface area contributed by atoms with E-state index in [1.165, 1.54) is 12.1 Å². The fourth-order valence-corrected chi connectivity index (χ4v) is 3.36. The maximum atomic E-state index is 13.0. The standard InChI is InChI=1S/C20H19ClF3N3O2/c21-14-4-3-5-15(12-14)26-8-10-27(11-9-26)18(28)13-25-19(29)16-6-1-2-7-17(16)20(22,23)24/h1-7,12H,8-11,13H2,(H,25,29). The van der Waals surface area contributed by atoms with Gasteiger partial charge < -0.3 is 15.1 Å². The van der Waals surface area contributed by atoms with Crippen LogP contribution in [0, 0.1) is 0 Å². The van der Waals surface area contributed by atoms with E-state index in [1.54, 1.807) is 11.0 Å². The first-order chi connectivity index (χ1) is 13.8. The molecule has 5 nitrogen and oxygen atoms in total. The highest BCUT2D eigenvalue weighted by molar-refractivity contribution is 6.30. The second-order valence-corrected chi connectivity index (χ2v) is 7.01. The average molecular weight is 426 g/mol. The zero-order valence-electron chi connectivity index (χ0n) is 15.4. The summed E-state index contributed by atoms with van der Waals surface area (Å²) in [4.78, 5) is 28.2. The van der Waals surface area contributed by atoms with Gasteiger partial charge in [-0.05, 0) is 30.3 Å². The van der Waals surface area contributed by atoms with Crippen LogP contribution in [0.3, 0.4) is 0 Å². The predicted molar refractivity (Wildman–Crippen MR) is 104 cm³/mol. The summed E-state index contributed by atoms with van der Waals surface area (Å²) in [7, 11) is 0. The quantitative estimate of drug-likeness (QED) is 0.816. The van der Waals surface area contributed by atoms with Gasteiger partial charge in [-0.2, -0.15) is 13.2 Å². The number of hydrogen-bond acceptors (Lipinski definition) is 3. The molecule has 2 amide bonds. The van der Waals surface area contributed by atoms with E-state index in [0.29, 0.717) is 31.2 Å². The Kier molecular flexibility index (Phi) is 6.32. The van der Waals surface area contributed by atoms with Crippen LogP contribution in [0.15, 0.2) is 48.5 Å². The number of nitrogens with one attached hydrogen (secondary N) is 1. The zero-order chi connectivity index (χ0) is 21.0. The summed E-state index contributed by atoms with van der Waals surface area (Å²) in [6, 6.07) is 11.9. The van der Waals surface area contributed by atoms with E-state index in [1.807, 2.05) is 18.2 Å². The molecule has 9 heteroatoms. The molecule has 0 unspecified atom stereocenters. The molecule has 1 heterocycles. The van der Waals surface area contributed by atoms with Crippen LogP contribution in [0.4, 0.5) is 18.9 Å². The minimum Gasteiger partial charge on any atom is -0.368 e. The van der Waals surface area contributed by atoms with E-state index in [2.05, 4.69) is 10.2 Å². The van der Waals surface area contributed by atoms with Crippen LogP contribution in [0.25, 0.3) is 0 Å². The number of piperazine rings is 1. The van der Waals surface area contributed by atoms with Crippen molar-refractivity contribution in [3.63, 3.8) is 0 Å². The third kappa shape index (κ3) is 5.20. The Labute approximate surface area is 171 Å². The summed E-state index contributed by atoms with van der Waals surface area (Å²) < 4.78 is 39.1. The van der Waals surface area contributed by atoms with Gasteiger partial charge in [0.15, 0.2) is 0 Å². The van der Waals surface area contributed by atoms with Crippen molar-refractivity contribution in [3.8, 4) is 0 Å². The number of halogens is 4. The number of nitrogens with zero attached hydrogens (tertiary/aromatic N) is 2. The lowest BCUT2D eigenvalue weighted by atomic mass is 10.1. The van der Waals surface area contributed by atoms with Crippen LogP contribution in [0.5, 0.6) is 0 Å². The molecule has 0 saturated carbocycles. The molecule has 0 bridgehead atoms. The number of anilines is 1. The molecule has 3 rings (SSSR count). The van der Waals surface area contributed by atoms with Gasteiger partial charge in [-0.1, -0.05) is 29.8 Å². The van der Waals surface area contributed by atoms with Crippen LogP contribution >= 0.6 is 11.6 Å². The number of rotatable bonds is 4. The minimum absolute atomic E-state index is 0.339. The minimum atomic E-state index is -4.64. The smallest absolute Gasteiger partial charge is 0.368 e. The van der Waals surface area contributed by atoms with Crippen molar-refractivity contribution in [2.75, 3.05) is 37.6 Å². The zero-order valence-corrected chi connectivity index (χ0v) is 16.1. The Morgan fingerprint density at radius 2 is 1.69 bits per heavy atom. The highest BCUT2D eigenvalue weighted by Crippen LogP contribution is 2.31. The third-order valence-electron chi connectivity index (χ3n) is 4.68. The maximum Gasteiger partial charge on any atom is 0.417 e. The molecule has 1 aliphatic heterocycles. The van der Waals surface area contributed by atoms with Crippen molar-refractivity contribution in [2.24, 2.45) is 0 Å². The van der Waals surface area contributed by atoms with Gasteiger partial charge in [0.25, 0.3) is 5.91 Å². The Morgan fingerprint density at radius 1 is 1.00 bits per heavy atom. The van der Waals surface area contributed by atoms with Gasteiger partial charge in [-0.25, -0.2) is 0 Å². The summed E-state index contributed by atoms with van der Waals surface area (Å²) in [5.41, 5.74) is -0.569. The van der Waals surface area contributed by atoms with Gasteiger partial charge in [-0.3, -0.25) is 9.59 Å². The molecule has 154 valence electrons. The van der Waals surface area contributed by atoms with Crippen molar-refractivity contribution in [1.82, 2.24) is 10.2 Å². The Bertz CT molecular complexity index is 897. The highest BCUT2D eigenvalue weighted by atomic mass is 35.5. The lowest BCUT2D eigenvalue weighted by Gasteiger charge is -2.36. The van der Waals surface area contributed by atoms with Crippen molar-refractivity contribution in [1.29, 1.82) is 0 Å². The summed E-state index contributed by atoms with van der Waals surface area (Å²) >= 11 is 6.00. The normalized spacial score (nSPS) is 14.6. The first-order valence-electron chi connectivity index (χ1n) is 8.98. The molecule has 1 saturated heterocycles. The second-order valence-electron chi connectivity index (χ2n) is 6.57. The fraction of sp³-hybridized carbons (Fsp3) is 0.300. The van der Waals surface area contributed by atoms with Gasteiger partial charge >= 0.3 is 6.18 Å². The van der Waals surface area contributed by atoms with Crippen LogP contribution in [-0.4, -0.2) is 49.4 Å². The van der Waals surface area contributed by atoms with Gasteiger partial charge in [0, 0.05) is 36.9 Å². The second kappa shape index (κ2) is 8.73. The Balaban J connectivity index is 1.54. The van der Waals surface area contributed by atoms with Crippen LogP contribution in [-0.2, 0) is 11.0 Å². The average Bonchev–Trinajstić information content (AvgIpc) is 2.71. The molecule has 2 aromatic carbocycles. The van der Waals surface area contributed by atoms with E-state index in [-0.39, 0.29) is 12.5 Å². The summed E-state index contributed by atoms with van der Waals surface area (Å²) in [6.07, 6.45) is -4.64. The number of hydrogen-bond donors (Lipinski definition) is 1. The molecule has 2 aromatic rings. The molecular weight excluding hydrogens is 407 g/mol. The van der Waals surface area contributed by atoms with Crippen LogP contribution in [0.1, 0.15) is 15.9 Å². The molecule has 1 fully saturated rings. The van der Waals surface area contributed by atoms with Crippen molar-refractivity contribution >= 4 is 29.1 Å². The third-order valence-corrected chi connectivity index (χ3v) is 4.92. The SMILES string of the molecule is O=C(NCC(=O)N1CCN(c2cccc(Cl)c2)CC1)c1ccccc1C(F)(F)F. The molecule has 29 heavy (non-hydrogen) atoms. The molecule has 0 atom stereocenters. The molecular formula is C20H19ClF3N3O2. The number of benzene rings is 2. The number of carbonyl (C=O) groups excluding carboxylic acids is 2. The maximum absolute atomic E-state index is 13.0. The van der Waals surface area contributed by atoms with Gasteiger partial charge in [-0.15, -0.1) is 0 Å². The van der Waals surface area contributed by atoms with E-state index in [4.69, 9.17) is 11.6 Å². The van der Waals surface area contributed by atoms with E-state index in [9.17, 15) is 22.8 Å². The molecule has 0 aliphatic carbocycles. The molecule has 0 radical (unpaired) electrons. The summed E-state index contributed by atoms with van der Waals surface area (Å²) in [6.45, 7) is 1.72. The van der Waals surface area contributed by atoms with Crippen LogP contribution in [0.2, 0.25) is 5.02 Å². The number of carbonyl (C=O) groups is 2. The van der Waals surface area contributed by atoms with Gasteiger partial charge in [0.05, 0.1) is 17.7 Å². The number of amides is 2. The largest absolute Gasteiger partial charge is 0.417 e. The Hall–Kier alpha value is -2.74. The van der Waals surface area contributed by atoms with E-state index in [0.717, 1.165) is 17.8 Å². The van der Waals surface area contributed by atoms with Crippen molar-refractivity contribution in [3.05, 3.63) is 64.7 Å². The number of alkyl halides is 3. The lowest BCUT2D eigenvalue weighted by Crippen LogP contribution is -2.51. The Morgan fingerprint density at radius 3 is 2.34 bits per heavy atom. The van der Waals surface area contributed by atoms with E-state index < -0.39 is 23.2 Å². The lowest BCUT2D eigenvalue weighted by molar-refractivity contribution is -0.137. The fourth-order valence-electron chi connectivity index (χ4n) is 3.18. The van der Waals surface area contributed by atoms with Gasteiger partial charge in [0.2, 0.25) is 5.91 Å². The van der Waals surface area contributed by atoms with Crippen molar-refractivity contribution < 1.29 is 22.8 Å². The molecule has 0 aromatic heterocycles.